The van der Waals surface area contributed by atoms with Gasteiger partial charge in [-0.15, -0.1) is 0 Å². The molecule has 0 atom stereocenters. The molecule has 1 N–H and O–H groups in total. The standard InChI is InChI=1S/C26H32N8O3/c1-16(2)33-23(35)20-14-27-24(29-22(20)34(33)21-10-11-31(6)30-21)28-19-8-7-17-9-12-32(15-18(17)13-19)25(36)37-26(3,4)5/h7-8,10-11,13-14,16H,9,12,15H2,1-6H3,(H,27,28,29). The zero-order valence-electron chi connectivity index (χ0n) is 22.0. The summed E-state index contributed by atoms with van der Waals surface area (Å²) in [6.07, 6.45) is 3.82. The number of amides is 1. The number of nitrogens with one attached hydrogen (secondary N) is 1. The molecule has 3 aromatic heterocycles. The molecule has 0 aliphatic carbocycles. The summed E-state index contributed by atoms with van der Waals surface area (Å²) in [5, 5.41) is 8.17. The van der Waals surface area contributed by atoms with E-state index in [4.69, 9.17) is 9.72 Å². The number of ether oxygens (including phenoxy) is 1. The average molecular weight is 505 g/mol. The third-order valence-corrected chi connectivity index (χ3v) is 6.16. The quantitative estimate of drug-likeness (QED) is 0.448. The highest BCUT2D eigenvalue weighted by molar-refractivity contribution is 5.77. The molecule has 1 aliphatic rings. The maximum atomic E-state index is 13.1. The first kappa shape index (κ1) is 24.5. The summed E-state index contributed by atoms with van der Waals surface area (Å²) in [4.78, 5) is 36.6. The van der Waals surface area contributed by atoms with Gasteiger partial charge in [-0.3, -0.25) is 9.48 Å². The molecule has 1 aromatic carbocycles. The van der Waals surface area contributed by atoms with Crippen molar-refractivity contribution >= 4 is 28.8 Å². The normalized spacial score (nSPS) is 13.8. The van der Waals surface area contributed by atoms with Crippen LogP contribution < -0.4 is 10.9 Å². The second kappa shape index (κ2) is 9.06. The molecule has 37 heavy (non-hydrogen) atoms. The Balaban J connectivity index is 1.46. The topological polar surface area (TPSA) is 112 Å². The smallest absolute Gasteiger partial charge is 0.410 e. The average Bonchev–Trinajstić information content (AvgIpc) is 3.37. The molecule has 4 heterocycles. The summed E-state index contributed by atoms with van der Waals surface area (Å²) in [5.74, 6) is 0.960. The number of carbonyl (C=O) groups is 1. The van der Waals surface area contributed by atoms with Crippen molar-refractivity contribution in [1.82, 2.24) is 34.0 Å². The molecule has 0 unspecified atom stereocenters. The van der Waals surface area contributed by atoms with Crippen molar-refractivity contribution in [2.45, 2.75) is 59.2 Å². The number of aryl methyl sites for hydroxylation is 1. The van der Waals surface area contributed by atoms with E-state index in [0.717, 1.165) is 17.7 Å². The van der Waals surface area contributed by atoms with Crippen LogP contribution in [0.4, 0.5) is 16.4 Å². The van der Waals surface area contributed by atoms with Crippen LogP contribution in [-0.2, 0) is 24.8 Å². The molecule has 0 fully saturated rings. The van der Waals surface area contributed by atoms with Gasteiger partial charge in [0.15, 0.2) is 11.5 Å². The second-order valence-electron chi connectivity index (χ2n) is 10.6. The third kappa shape index (κ3) is 4.81. The lowest BCUT2D eigenvalue weighted by molar-refractivity contribution is 0.0224. The number of nitrogens with zero attached hydrogens (tertiary/aromatic N) is 7. The Hall–Kier alpha value is -4.15. The molecule has 0 bridgehead atoms. The molecule has 0 radical (unpaired) electrons. The molecule has 194 valence electrons. The molecule has 0 saturated heterocycles. The van der Waals surface area contributed by atoms with Crippen LogP contribution in [0.25, 0.3) is 16.9 Å². The van der Waals surface area contributed by atoms with Gasteiger partial charge in [0.05, 0.1) is 0 Å². The highest BCUT2D eigenvalue weighted by Gasteiger charge is 2.26. The van der Waals surface area contributed by atoms with Crippen molar-refractivity contribution in [3.05, 3.63) is 58.1 Å². The molecule has 11 nitrogen and oxygen atoms in total. The van der Waals surface area contributed by atoms with Crippen LogP contribution in [0.3, 0.4) is 0 Å². The Bertz CT molecular complexity index is 1540. The van der Waals surface area contributed by atoms with Gasteiger partial charge in [-0.05, 0) is 64.3 Å². The van der Waals surface area contributed by atoms with E-state index in [-0.39, 0.29) is 17.7 Å². The fraction of sp³-hybridized carbons (Fsp3) is 0.423. The van der Waals surface area contributed by atoms with Gasteiger partial charge >= 0.3 is 6.09 Å². The van der Waals surface area contributed by atoms with Crippen LogP contribution in [-0.4, -0.2) is 52.3 Å². The van der Waals surface area contributed by atoms with E-state index in [2.05, 4.69) is 21.5 Å². The SMILES string of the molecule is CC(C)n1c(=O)c2cnc(Nc3ccc4c(c3)CN(C(=O)OC(C)(C)C)CC4)nc2n1-c1ccn(C)n1. The van der Waals surface area contributed by atoms with Crippen LogP contribution >= 0.6 is 0 Å². The summed E-state index contributed by atoms with van der Waals surface area (Å²) in [6, 6.07) is 7.77. The number of rotatable bonds is 4. The Morgan fingerprint density at radius 3 is 2.62 bits per heavy atom. The first-order valence-electron chi connectivity index (χ1n) is 12.4. The first-order chi connectivity index (χ1) is 17.5. The monoisotopic (exact) mass is 504 g/mol. The van der Waals surface area contributed by atoms with Crippen molar-refractivity contribution < 1.29 is 9.53 Å². The molecular formula is C26H32N8O3. The zero-order valence-corrected chi connectivity index (χ0v) is 22.0. The summed E-state index contributed by atoms with van der Waals surface area (Å²) in [6.45, 7) is 10.6. The number of hydrogen-bond donors (Lipinski definition) is 1. The molecule has 5 rings (SSSR count). The Morgan fingerprint density at radius 1 is 1.16 bits per heavy atom. The van der Waals surface area contributed by atoms with Crippen molar-refractivity contribution in [3.63, 3.8) is 0 Å². The minimum atomic E-state index is -0.540. The molecule has 0 saturated carbocycles. The van der Waals surface area contributed by atoms with Crippen LogP contribution in [0.1, 0.15) is 51.8 Å². The van der Waals surface area contributed by atoms with Gasteiger partial charge in [-0.25, -0.2) is 19.1 Å². The molecular weight excluding hydrogens is 472 g/mol. The van der Waals surface area contributed by atoms with Crippen LogP contribution in [0.5, 0.6) is 0 Å². The molecule has 1 amide bonds. The van der Waals surface area contributed by atoms with Gasteiger partial charge < -0.3 is 15.0 Å². The Kier molecular flexibility index (Phi) is 6.01. The second-order valence-corrected chi connectivity index (χ2v) is 10.6. The van der Waals surface area contributed by atoms with E-state index >= 15 is 0 Å². The van der Waals surface area contributed by atoms with Crippen LogP contribution in [0.2, 0.25) is 0 Å². The van der Waals surface area contributed by atoms with Gasteiger partial charge in [-0.2, -0.15) is 10.1 Å². The Labute approximate surface area is 214 Å². The maximum Gasteiger partial charge on any atom is 0.410 e. The van der Waals surface area contributed by atoms with Crippen molar-refractivity contribution in [1.29, 1.82) is 0 Å². The summed E-state index contributed by atoms with van der Waals surface area (Å²) in [5.41, 5.74) is 2.79. The zero-order chi connectivity index (χ0) is 26.5. The van der Waals surface area contributed by atoms with E-state index in [1.165, 1.54) is 5.56 Å². The predicted molar refractivity (Wildman–Crippen MR) is 140 cm³/mol. The number of carbonyl (C=O) groups excluding carboxylic acids is 1. The van der Waals surface area contributed by atoms with Crippen molar-refractivity contribution in [3.8, 4) is 5.82 Å². The molecule has 0 spiro atoms. The van der Waals surface area contributed by atoms with Crippen LogP contribution in [0, 0.1) is 0 Å². The molecule has 11 heteroatoms. The number of benzene rings is 1. The molecule has 1 aliphatic heterocycles. The van der Waals surface area contributed by atoms with Crippen LogP contribution in [0.15, 0.2) is 41.5 Å². The highest BCUT2D eigenvalue weighted by atomic mass is 16.6. The van der Waals surface area contributed by atoms with Crippen molar-refractivity contribution in [2.75, 3.05) is 11.9 Å². The lowest BCUT2D eigenvalue weighted by Crippen LogP contribution is -2.39. The lowest BCUT2D eigenvalue weighted by Gasteiger charge is -2.31. The number of fused-ring (bicyclic) bond motifs is 2. The van der Waals surface area contributed by atoms with E-state index in [1.54, 1.807) is 25.1 Å². The number of aromatic nitrogens is 6. The lowest BCUT2D eigenvalue weighted by atomic mass is 9.99. The summed E-state index contributed by atoms with van der Waals surface area (Å²) >= 11 is 0. The van der Waals surface area contributed by atoms with E-state index in [0.29, 0.717) is 35.9 Å². The molecule has 4 aromatic rings. The first-order valence-corrected chi connectivity index (χ1v) is 12.4. The van der Waals surface area contributed by atoms with Gasteiger partial charge in [0, 0.05) is 50.3 Å². The predicted octanol–water partition coefficient (Wildman–Crippen LogP) is 3.93. The highest BCUT2D eigenvalue weighted by Crippen LogP contribution is 2.26. The van der Waals surface area contributed by atoms with Gasteiger partial charge in [0.25, 0.3) is 5.56 Å². The van der Waals surface area contributed by atoms with Gasteiger partial charge in [-0.1, -0.05) is 6.07 Å². The Morgan fingerprint density at radius 2 is 1.95 bits per heavy atom. The minimum Gasteiger partial charge on any atom is -0.444 e. The number of hydrogen-bond acceptors (Lipinski definition) is 7. The van der Waals surface area contributed by atoms with Gasteiger partial charge in [0.1, 0.15) is 11.0 Å². The fourth-order valence-corrected chi connectivity index (χ4v) is 4.51. The fourth-order valence-electron chi connectivity index (χ4n) is 4.51. The van der Waals surface area contributed by atoms with Crippen molar-refractivity contribution in [2.24, 2.45) is 7.05 Å². The minimum absolute atomic E-state index is 0.103. The summed E-state index contributed by atoms with van der Waals surface area (Å²) in [7, 11) is 1.83. The number of anilines is 2. The third-order valence-electron chi connectivity index (χ3n) is 6.16. The van der Waals surface area contributed by atoms with Gasteiger partial charge in [0.2, 0.25) is 5.95 Å². The van der Waals surface area contributed by atoms with E-state index in [1.807, 2.05) is 66.1 Å². The maximum absolute atomic E-state index is 13.1. The van der Waals surface area contributed by atoms with E-state index < -0.39 is 5.60 Å². The summed E-state index contributed by atoms with van der Waals surface area (Å²) < 4.78 is 10.6. The van der Waals surface area contributed by atoms with E-state index in [9.17, 15) is 9.59 Å². The largest absolute Gasteiger partial charge is 0.444 e.